The van der Waals surface area contributed by atoms with E-state index in [0.717, 1.165) is 42.3 Å². The second kappa shape index (κ2) is 7.58. The lowest BCUT2D eigenvalue weighted by molar-refractivity contribution is -0.129. The Labute approximate surface area is 148 Å². The maximum absolute atomic E-state index is 11.6. The summed E-state index contributed by atoms with van der Waals surface area (Å²) in [7, 11) is 0. The van der Waals surface area contributed by atoms with E-state index in [9.17, 15) is 4.79 Å². The van der Waals surface area contributed by atoms with Gasteiger partial charge in [0, 0.05) is 20.0 Å². The number of nitrogens with zero attached hydrogens (tertiary/aromatic N) is 2. The third-order valence-electron chi connectivity index (χ3n) is 4.41. The van der Waals surface area contributed by atoms with Gasteiger partial charge < -0.3 is 4.90 Å². The van der Waals surface area contributed by atoms with Crippen molar-refractivity contribution in [2.75, 3.05) is 23.5 Å². The number of carbonyl (C=O) groups excluding carboxylic acids is 1. The van der Waals surface area contributed by atoms with Crippen LogP contribution in [0.25, 0.3) is 0 Å². The van der Waals surface area contributed by atoms with Crippen molar-refractivity contribution in [3.8, 4) is 0 Å². The molecule has 0 unspecified atom stereocenters. The predicted molar refractivity (Wildman–Crippen MR) is 99.3 cm³/mol. The van der Waals surface area contributed by atoms with Gasteiger partial charge in [-0.15, -0.1) is 0 Å². The molecule has 5 heteroatoms. The van der Waals surface area contributed by atoms with Crippen LogP contribution in [0.5, 0.6) is 0 Å². The molecule has 0 aromatic heterocycles. The Kier molecular flexibility index (Phi) is 5.26. The van der Waals surface area contributed by atoms with E-state index in [1.807, 2.05) is 59.5 Å². The first-order chi connectivity index (χ1) is 11.6. The Hall–Kier alpha value is -2.20. The Morgan fingerprint density at radius 2 is 1.71 bits per heavy atom. The molecule has 4 nitrogen and oxygen atoms in total. The summed E-state index contributed by atoms with van der Waals surface area (Å²) in [6.45, 7) is 3.18. The van der Waals surface area contributed by atoms with Gasteiger partial charge in [-0.1, -0.05) is 41.9 Å². The molecule has 2 aromatic rings. The number of hydrazine groups is 1. The van der Waals surface area contributed by atoms with E-state index in [4.69, 9.17) is 11.6 Å². The molecule has 1 aliphatic rings. The first kappa shape index (κ1) is 16.7. The normalized spacial score (nSPS) is 15.2. The number of anilines is 2. The largest absolute Gasteiger partial charge is 0.343 e. The number of para-hydroxylation sites is 2. The van der Waals surface area contributed by atoms with E-state index in [-0.39, 0.29) is 11.9 Å². The highest BCUT2D eigenvalue weighted by Gasteiger charge is 2.27. The molecule has 0 aliphatic carbocycles. The quantitative estimate of drug-likeness (QED) is 0.846. The van der Waals surface area contributed by atoms with E-state index < -0.39 is 0 Å². The van der Waals surface area contributed by atoms with Crippen molar-refractivity contribution in [3.63, 3.8) is 0 Å². The summed E-state index contributed by atoms with van der Waals surface area (Å²) in [5, 5.41) is 2.87. The van der Waals surface area contributed by atoms with Crippen molar-refractivity contribution in [3.05, 3.63) is 59.6 Å². The van der Waals surface area contributed by atoms with Crippen molar-refractivity contribution in [1.29, 1.82) is 0 Å². The Balaban J connectivity index is 1.83. The molecule has 1 heterocycles. The molecule has 2 aromatic carbocycles. The molecule has 3 rings (SSSR count). The molecule has 1 saturated heterocycles. The van der Waals surface area contributed by atoms with Crippen LogP contribution in [-0.2, 0) is 4.79 Å². The molecule has 0 radical (unpaired) electrons. The lowest BCUT2D eigenvalue weighted by atomic mass is 10.0. The fraction of sp³-hybridized carbons (Fsp3) is 0.316. The molecular weight excluding hydrogens is 322 g/mol. The highest BCUT2D eigenvalue weighted by atomic mass is 35.5. The zero-order valence-corrected chi connectivity index (χ0v) is 14.5. The number of amides is 1. The summed E-state index contributed by atoms with van der Waals surface area (Å²) < 4.78 is 0. The van der Waals surface area contributed by atoms with Gasteiger partial charge in [0.15, 0.2) is 0 Å². The monoisotopic (exact) mass is 343 g/mol. The summed E-state index contributed by atoms with van der Waals surface area (Å²) >= 11 is 6.44. The maximum atomic E-state index is 11.6. The first-order valence-corrected chi connectivity index (χ1v) is 8.64. The molecule has 24 heavy (non-hydrogen) atoms. The fourth-order valence-electron chi connectivity index (χ4n) is 3.09. The topological polar surface area (TPSA) is 35.6 Å². The third-order valence-corrected chi connectivity index (χ3v) is 4.73. The number of benzene rings is 2. The SMILES string of the molecule is CC(=O)N1CCC(N(Nc2ccccc2)c2ccccc2Cl)CC1. The molecule has 0 spiro atoms. The van der Waals surface area contributed by atoms with Crippen LogP contribution in [0, 0.1) is 0 Å². The van der Waals surface area contributed by atoms with Gasteiger partial charge in [0.2, 0.25) is 5.91 Å². The number of hydrogen-bond acceptors (Lipinski definition) is 3. The zero-order chi connectivity index (χ0) is 16.9. The molecule has 1 amide bonds. The standard InChI is InChI=1S/C19H22ClN3O/c1-15(24)22-13-11-17(12-14-22)23(19-10-6-5-9-18(19)20)21-16-7-3-2-4-8-16/h2-10,17,21H,11-14H2,1H3. The maximum Gasteiger partial charge on any atom is 0.219 e. The van der Waals surface area contributed by atoms with Crippen molar-refractivity contribution in [1.82, 2.24) is 4.90 Å². The number of carbonyl (C=O) groups is 1. The molecule has 1 aliphatic heterocycles. The minimum absolute atomic E-state index is 0.147. The van der Waals surface area contributed by atoms with Crippen LogP contribution in [0.1, 0.15) is 19.8 Å². The number of halogens is 1. The fourth-order valence-corrected chi connectivity index (χ4v) is 3.31. The lowest BCUT2D eigenvalue weighted by Gasteiger charge is -2.40. The third kappa shape index (κ3) is 3.82. The number of rotatable bonds is 4. The average Bonchev–Trinajstić information content (AvgIpc) is 2.61. The molecule has 0 atom stereocenters. The smallest absolute Gasteiger partial charge is 0.219 e. The number of nitrogens with one attached hydrogen (secondary N) is 1. The average molecular weight is 344 g/mol. The first-order valence-electron chi connectivity index (χ1n) is 8.26. The number of hydrogen-bond donors (Lipinski definition) is 1. The Bertz CT molecular complexity index is 684. The van der Waals surface area contributed by atoms with Crippen LogP contribution < -0.4 is 10.4 Å². The van der Waals surface area contributed by atoms with Gasteiger partial charge in [-0.2, -0.15) is 0 Å². The summed E-state index contributed by atoms with van der Waals surface area (Å²) in [6.07, 6.45) is 1.81. The van der Waals surface area contributed by atoms with Crippen molar-refractivity contribution in [2.45, 2.75) is 25.8 Å². The van der Waals surface area contributed by atoms with E-state index in [2.05, 4.69) is 10.4 Å². The summed E-state index contributed by atoms with van der Waals surface area (Å²) in [5.74, 6) is 0.147. The molecule has 0 bridgehead atoms. The zero-order valence-electron chi connectivity index (χ0n) is 13.8. The van der Waals surface area contributed by atoms with Crippen molar-refractivity contribution < 1.29 is 4.79 Å². The van der Waals surface area contributed by atoms with Crippen molar-refractivity contribution in [2.24, 2.45) is 0 Å². The van der Waals surface area contributed by atoms with E-state index in [0.29, 0.717) is 0 Å². The highest BCUT2D eigenvalue weighted by Crippen LogP contribution is 2.30. The van der Waals surface area contributed by atoms with Crippen LogP contribution in [0.2, 0.25) is 5.02 Å². The van der Waals surface area contributed by atoms with Gasteiger partial charge in [0.1, 0.15) is 0 Å². The lowest BCUT2D eigenvalue weighted by Crippen LogP contribution is -2.48. The minimum atomic E-state index is 0.147. The second-order valence-electron chi connectivity index (χ2n) is 6.04. The number of piperidine rings is 1. The van der Waals surface area contributed by atoms with Crippen LogP contribution in [0.15, 0.2) is 54.6 Å². The van der Waals surface area contributed by atoms with Crippen LogP contribution >= 0.6 is 11.6 Å². The molecule has 0 saturated carbocycles. The molecule has 1 N–H and O–H groups in total. The molecular formula is C19H22ClN3O. The van der Waals surface area contributed by atoms with E-state index >= 15 is 0 Å². The molecule has 126 valence electrons. The van der Waals surface area contributed by atoms with Crippen LogP contribution in [-0.4, -0.2) is 29.9 Å². The van der Waals surface area contributed by atoms with Crippen molar-refractivity contribution >= 4 is 28.9 Å². The van der Waals surface area contributed by atoms with Gasteiger partial charge in [-0.05, 0) is 37.1 Å². The van der Waals surface area contributed by atoms with E-state index in [1.54, 1.807) is 6.92 Å². The van der Waals surface area contributed by atoms with Gasteiger partial charge in [0.05, 0.1) is 22.4 Å². The Morgan fingerprint density at radius 1 is 1.08 bits per heavy atom. The van der Waals surface area contributed by atoms with Gasteiger partial charge in [-0.3, -0.25) is 15.2 Å². The second-order valence-corrected chi connectivity index (χ2v) is 6.44. The van der Waals surface area contributed by atoms with Gasteiger partial charge in [-0.25, -0.2) is 0 Å². The number of likely N-dealkylation sites (tertiary alicyclic amines) is 1. The Morgan fingerprint density at radius 3 is 2.33 bits per heavy atom. The minimum Gasteiger partial charge on any atom is -0.343 e. The van der Waals surface area contributed by atoms with Gasteiger partial charge >= 0.3 is 0 Å². The van der Waals surface area contributed by atoms with Crippen LogP contribution in [0.4, 0.5) is 11.4 Å². The summed E-state index contributed by atoms with van der Waals surface area (Å²) in [4.78, 5) is 13.5. The van der Waals surface area contributed by atoms with E-state index in [1.165, 1.54) is 0 Å². The molecule has 1 fully saturated rings. The summed E-state index contributed by atoms with van der Waals surface area (Å²) in [5.41, 5.74) is 5.48. The summed E-state index contributed by atoms with van der Waals surface area (Å²) in [6, 6.07) is 18.2. The predicted octanol–water partition coefficient (Wildman–Crippen LogP) is 4.18. The van der Waals surface area contributed by atoms with Crippen LogP contribution in [0.3, 0.4) is 0 Å². The highest BCUT2D eigenvalue weighted by molar-refractivity contribution is 6.33. The van der Waals surface area contributed by atoms with Gasteiger partial charge in [0.25, 0.3) is 0 Å².